The summed E-state index contributed by atoms with van der Waals surface area (Å²) in [6.07, 6.45) is 1.42. The second kappa shape index (κ2) is 9.23. The summed E-state index contributed by atoms with van der Waals surface area (Å²) in [4.78, 5) is 36.2. The number of nitrogens with two attached hydrogens (primary N) is 1. The Hall–Kier alpha value is -4.19. The number of fused-ring (bicyclic) bond motifs is 3. The standard InChI is InChI=1S/C27H33N5O7/c1-26(2,3)39-24(38)15(28)12-32-13-27(14-6-4-5-7-16(14)32)8-10-31(11-9-27)25-29-18-17(23(37)30-25)19(33)21(35)22(36)20(18)34/h4-7,15,33-36H,8-13,28H2,1-3H3,(H,29,30,37). The zero-order chi connectivity index (χ0) is 28.3. The minimum absolute atomic E-state index is 0.178. The number of hydrogen-bond donors (Lipinski definition) is 6. The third-order valence-corrected chi connectivity index (χ3v) is 7.50. The summed E-state index contributed by atoms with van der Waals surface area (Å²) in [5.74, 6) is -3.86. The van der Waals surface area contributed by atoms with Crippen molar-refractivity contribution in [3.05, 3.63) is 40.2 Å². The summed E-state index contributed by atoms with van der Waals surface area (Å²) < 4.78 is 5.47. The van der Waals surface area contributed by atoms with Gasteiger partial charge in [0, 0.05) is 37.3 Å². The van der Waals surface area contributed by atoms with Gasteiger partial charge < -0.3 is 40.7 Å². The van der Waals surface area contributed by atoms with Crippen LogP contribution in [0, 0.1) is 0 Å². The average molecular weight is 540 g/mol. The fraction of sp³-hybridized carbons (Fsp3) is 0.444. The molecule has 0 aliphatic carbocycles. The molecule has 2 aromatic carbocycles. The van der Waals surface area contributed by atoms with Gasteiger partial charge in [-0.05, 0) is 45.2 Å². The number of phenols is 4. The number of carbonyl (C=O) groups excluding carboxylic acids is 1. The molecule has 1 fully saturated rings. The zero-order valence-electron chi connectivity index (χ0n) is 22.1. The van der Waals surface area contributed by atoms with Crippen molar-refractivity contribution in [3.8, 4) is 23.0 Å². The highest BCUT2D eigenvalue weighted by molar-refractivity contribution is 5.95. The molecule has 0 amide bonds. The molecule has 12 nitrogen and oxygen atoms in total. The molecule has 7 N–H and O–H groups in total. The second-order valence-corrected chi connectivity index (χ2v) is 11.3. The van der Waals surface area contributed by atoms with Crippen molar-refractivity contribution in [1.29, 1.82) is 0 Å². The zero-order valence-corrected chi connectivity index (χ0v) is 22.1. The van der Waals surface area contributed by atoms with Crippen molar-refractivity contribution < 1.29 is 30.0 Å². The molecule has 0 radical (unpaired) electrons. The van der Waals surface area contributed by atoms with Crippen LogP contribution in [0.5, 0.6) is 23.0 Å². The molecule has 2 aliphatic heterocycles. The van der Waals surface area contributed by atoms with Gasteiger partial charge in [0.25, 0.3) is 5.56 Å². The number of hydrogen-bond acceptors (Lipinski definition) is 11. The molecule has 0 bridgehead atoms. The number of anilines is 2. The Morgan fingerprint density at radius 1 is 1.10 bits per heavy atom. The third-order valence-electron chi connectivity index (χ3n) is 7.50. The molecule has 1 aromatic heterocycles. The van der Waals surface area contributed by atoms with Crippen LogP contribution in [0.2, 0.25) is 0 Å². The summed E-state index contributed by atoms with van der Waals surface area (Å²) in [5, 5.41) is 39.7. The number of nitrogens with zero attached hydrogens (tertiary/aromatic N) is 3. The molecule has 3 heterocycles. The molecule has 39 heavy (non-hydrogen) atoms. The first-order valence-electron chi connectivity index (χ1n) is 12.8. The van der Waals surface area contributed by atoms with Crippen LogP contribution in [-0.4, -0.2) is 74.2 Å². The van der Waals surface area contributed by atoms with Crippen molar-refractivity contribution in [2.75, 3.05) is 36.0 Å². The van der Waals surface area contributed by atoms with Crippen LogP contribution in [0.1, 0.15) is 39.2 Å². The van der Waals surface area contributed by atoms with E-state index in [2.05, 4.69) is 20.9 Å². The summed E-state index contributed by atoms with van der Waals surface area (Å²) in [6, 6.07) is 7.26. The number of aromatic amines is 1. The minimum Gasteiger partial charge on any atom is -0.504 e. The predicted molar refractivity (Wildman–Crippen MR) is 145 cm³/mol. The summed E-state index contributed by atoms with van der Waals surface area (Å²) >= 11 is 0. The maximum absolute atomic E-state index is 12.7. The number of phenolic OH excluding ortho intramolecular Hbond substituents is 4. The summed E-state index contributed by atoms with van der Waals surface area (Å²) in [5.41, 5.74) is 6.54. The molecule has 12 heteroatoms. The van der Waals surface area contributed by atoms with Crippen molar-refractivity contribution in [2.24, 2.45) is 5.73 Å². The highest BCUT2D eigenvalue weighted by atomic mass is 16.6. The van der Waals surface area contributed by atoms with Gasteiger partial charge in [0.1, 0.15) is 22.5 Å². The number of aromatic hydroxyl groups is 4. The van der Waals surface area contributed by atoms with Crippen molar-refractivity contribution in [1.82, 2.24) is 9.97 Å². The van der Waals surface area contributed by atoms with Crippen LogP contribution in [0.25, 0.3) is 10.9 Å². The Morgan fingerprint density at radius 2 is 1.74 bits per heavy atom. The molecule has 1 atom stereocenters. The van der Waals surface area contributed by atoms with Gasteiger partial charge in [-0.2, -0.15) is 0 Å². The molecule has 1 spiro atoms. The fourth-order valence-corrected chi connectivity index (χ4v) is 5.62. The van der Waals surface area contributed by atoms with Crippen molar-refractivity contribution in [2.45, 2.75) is 50.7 Å². The van der Waals surface area contributed by atoms with Gasteiger partial charge in [0.15, 0.2) is 11.5 Å². The molecular weight excluding hydrogens is 506 g/mol. The lowest BCUT2D eigenvalue weighted by atomic mass is 9.74. The number of ether oxygens (including phenoxy) is 1. The number of aromatic nitrogens is 2. The highest BCUT2D eigenvalue weighted by Crippen LogP contribution is 2.49. The van der Waals surface area contributed by atoms with E-state index in [9.17, 15) is 30.0 Å². The summed E-state index contributed by atoms with van der Waals surface area (Å²) in [6.45, 7) is 7.44. The lowest BCUT2D eigenvalue weighted by Gasteiger charge is -2.40. The lowest BCUT2D eigenvalue weighted by Crippen LogP contribution is -2.49. The number of rotatable bonds is 4. The van der Waals surface area contributed by atoms with Crippen molar-refractivity contribution in [3.63, 3.8) is 0 Å². The average Bonchev–Trinajstić information content (AvgIpc) is 3.17. The van der Waals surface area contributed by atoms with Crippen LogP contribution >= 0.6 is 0 Å². The smallest absolute Gasteiger partial charge is 0.325 e. The fourth-order valence-electron chi connectivity index (χ4n) is 5.62. The number of esters is 1. The Labute approximate surface area is 224 Å². The number of benzene rings is 2. The van der Waals surface area contributed by atoms with E-state index in [1.54, 1.807) is 20.8 Å². The Morgan fingerprint density at radius 3 is 2.41 bits per heavy atom. The molecule has 2 aliphatic rings. The maximum atomic E-state index is 12.7. The van der Waals surface area contributed by atoms with Crippen LogP contribution in [0.3, 0.4) is 0 Å². The normalized spacial score (nSPS) is 17.4. The molecule has 0 saturated carbocycles. The molecule has 3 aromatic rings. The van der Waals surface area contributed by atoms with E-state index in [4.69, 9.17) is 10.5 Å². The highest BCUT2D eigenvalue weighted by Gasteiger charge is 2.45. The molecule has 208 valence electrons. The number of carbonyl (C=O) groups is 1. The molecule has 1 unspecified atom stereocenters. The maximum Gasteiger partial charge on any atom is 0.325 e. The van der Waals surface area contributed by atoms with E-state index < -0.39 is 51.6 Å². The molecule has 1 saturated heterocycles. The first-order valence-corrected chi connectivity index (χ1v) is 12.8. The van der Waals surface area contributed by atoms with E-state index in [0.29, 0.717) is 39.0 Å². The monoisotopic (exact) mass is 539 g/mol. The Bertz CT molecular complexity index is 1510. The van der Waals surface area contributed by atoms with E-state index in [1.165, 1.54) is 5.56 Å². The van der Waals surface area contributed by atoms with Gasteiger partial charge in [0.2, 0.25) is 17.4 Å². The third kappa shape index (κ3) is 4.54. The Kier molecular flexibility index (Phi) is 6.25. The van der Waals surface area contributed by atoms with Gasteiger partial charge in [0.05, 0.1) is 0 Å². The number of piperidine rings is 1. The largest absolute Gasteiger partial charge is 0.504 e. The lowest BCUT2D eigenvalue weighted by molar-refractivity contribution is -0.156. The quantitative estimate of drug-likeness (QED) is 0.161. The van der Waals surface area contributed by atoms with Crippen molar-refractivity contribution >= 4 is 28.5 Å². The van der Waals surface area contributed by atoms with Gasteiger partial charge in [-0.15, -0.1) is 0 Å². The molecule has 5 rings (SSSR count). The first-order chi connectivity index (χ1) is 18.3. The van der Waals surface area contributed by atoms with E-state index >= 15 is 0 Å². The Balaban J connectivity index is 1.38. The van der Waals surface area contributed by atoms with E-state index in [0.717, 1.165) is 5.69 Å². The second-order valence-electron chi connectivity index (χ2n) is 11.3. The predicted octanol–water partition coefficient (Wildman–Crippen LogP) is 1.77. The number of nitrogens with one attached hydrogen (secondary N) is 1. The van der Waals surface area contributed by atoms with Gasteiger partial charge in [-0.1, -0.05) is 18.2 Å². The van der Waals surface area contributed by atoms with Gasteiger partial charge >= 0.3 is 5.97 Å². The van der Waals surface area contributed by atoms with Crippen LogP contribution < -0.4 is 21.1 Å². The minimum atomic E-state index is -0.990. The molecular formula is C27H33N5O7. The van der Waals surface area contributed by atoms with Crippen LogP contribution in [0.15, 0.2) is 29.1 Å². The SMILES string of the molecule is CC(C)(C)OC(=O)C(N)CN1CC2(CCN(c3nc4c(O)c(O)c(O)c(O)c4c(=O)[nH]3)CC2)c2ccccc21. The van der Waals surface area contributed by atoms with E-state index in [-0.39, 0.29) is 16.9 Å². The first kappa shape index (κ1) is 26.4. The topological polar surface area (TPSA) is 185 Å². The summed E-state index contributed by atoms with van der Waals surface area (Å²) in [7, 11) is 0. The number of H-pyrrole nitrogens is 1. The number of para-hydroxylation sites is 1. The van der Waals surface area contributed by atoms with E-state index in [1.807, 2.05) is 23.1 Å². The van der Waals surface area contributed by atoms with Crippen LogP contribution in [-0.2, 0) is 14.9 Å². The van der Waals surface area contributed by atoms with Gasteiger partial charge in [-0.3, -0.25) is 14.6 Å². The van der Waals surface area contributed by atoms with Gasteiger partial charge in [-0.25, -0.2) is 4.98 Å². The van der Waals surface area contributed by atoms with Crippen LogP contribution in [0.4, 0.5) is 11.6 Å².